The maximum Gasteiger partial charge on any atom is 0.179 e. The summed E-state index contributed by atoms with van der Waals surface area (Å²) >= 11 is 3.32. The van der Waals surface area contributed by atoms with E-state index in [0.29, 0.717) is 0 Å². The average Bonchev–Trinajstić information content (AvgIpc) is 2.30. The first-order chi connectivity index (χ1) is 5.29. The van der Waals surface area contributed by atoms with Crippen LogP contribution in [0, 0.1) is 0 Å². The third-order valence-electron chi connectivity index (χ3n) is 1.60. The van der Waals surface area contributed by atoms with Gasteiger partial charge in [-0.25, -0.2) is 9.97 Å². The van der Waals surface area contributed by atoms with Crippen LogP contribution < -0.4 is 0 Å². The van der Waals surface area contributed by atoms with Crippen LogP contribution >= 0.6 is 15.9 Å². The lowest BCUT2D eigenvalue weighted by Crippen LogP contribution is -1.86. The smallest absolute Gasteiger partial charge is 0.179 e. The number of rotatable bonds is 0. The van der Waals surface area contributed by atoms with E-state index in [0.717, 1.165) is 15.9 Å². The zero-order valence-corrected chi connectivity index (χ0v) is 7.54. The fourth-order valence-corrected chi connectivity index (χ4v) is 1.36. The normalized spacial score (nSPS) is 10.7. The maximum atomic E-state index is 4.18. The van der Waals surface area contributed by atoms with Gasteiger partial charge in [0.15, 0.2) is 10.4 Å². The monoisotopic (exact) mass is 211 g/mol. The van der Waals surface area contributed by atoms with Gasteiger partial charge in [-0.05, 0) is 28.1 Å². The van der Waals surface area contributed by atoms with Crippen molar-refractivity contribution in [1.29, 1.82) is 0 Å². The molecule has 2 heterocycles. The minimum absolute atomic E-state index is 0.780. The van der Waals surface area contributed by atoms with E-state index in [1.165, 1.54) is 0 Å². The van der Waals surface area contributed by atoms with Crippen LogP contribution in [0.25, 0.3) is 11.2 Å². The van der Waals surface area contributed by atoms with Crippen molar-refractivity contribution in [2.45, 2.75) is 0 Å². The molecule has 4 heteroatoms. The molecule has 56 valence electrons. The van der Waals surface area contributed by atoms with Gasteiger partial charge in [0.2, 0.25) is 0 Å². The predicted molar refractivity (Wildman–Crippen MR) is 46.2 cm³/mol. The van der Waals surface area contributed by atoms with Gasteiger partial charge in [-0.2, -0.15) is 0 Å². The highest BCUT2D eigenvalue weighted by atomic mass is 79.9. The van der Waals surface area contributed by atoms with Gasteiger partial charge in [-0.15, -0.1) is 0 Å². The van der Waals surface area contributed by atoms with Crippen molar-refractivity contribution < 1.29 is 0 Å². The highest BCUT2D eigenvalue weighted by Crippen LogP contribution is 2.15. The van der Waals surface area contributed by atoms with Crippen LogP contribution in [0.4, 0.5) is 0 Å². The molecule has 0 radical (unpaired) electrons. The number of hydrogen-bond acceptors (Lipinski definition) is 2. The van der Waals surface area contributed by atoms with Crippen molar-refractivity contribution in [2.24, 2.45) is 7.05 Å². The van der Waals surface area contributed by atoms with Crippen molar-refractivity contribution in [1.82, 2.24) is 14.5 Å². The summed E-state index contributed by atoms with van der Waals surface area (Å²) in [6, 6.07) is 3.89. The summed E-state index contributed by atoms with van der Waals surface area (Å²) in [7, 11) is 1.95. The molecule has 0 aromatic carbocycles. The predicted octanol–water partition coefficient (Wildman–Crippen LogP) is 1.73. The summed E-state index contributed by atoms with van der Waals surface area (Å²) in [5.74, 6) is 0. The molecule has 11 heavy (non-hydrogen) atoms. The molecule has 0 amide bonds. The molecule has 2 aromatic heterocycles. The van der Waals surface area contributed by atoms with Gasteiger partial charge >= 0.3 is 0 Å². The Hall–Kier alpha value is -0.900. The molecule has 3 nitrogen and oxygen atoms in total. The molecule has 0 saturated carbocycles. The van der Waals surface area contributed by atoms with Crippen LogP contribution in [-0.4, -0.2) is 14.5 Å². The number of pyridine rings is 1. The standard InChI is InChI=1S/C7H6BrN3/c1-11-5-3-2-4-9-6(5)10-7(11)8/h2-4H,1H3. The summed E-state index contributed by atoms with van der Waals surface area (Å²) in [5.41, 5.74) is 1.82. The lowest BCUT2D eigenvalue weighted by Gasteiger charge is -1.91. The van der Waals surface area contributed by atoms with E-state index < -0.39 is 0 Å². The number of fused-ring (bicyclic) bond motifs is 1. The van der Waals surface area contributed by atoms with E-state index in [1.54, 1.807) is 6.20 Å². The molecule has 2 rings (SSSR count). The Morgan fingerprint density at radius 3 is 3.09 bits per heavy atom. The van der Waals surface area contributed by atoms with E-state index in [4.69, 9.17) is 0 Å². The number of aromatic nitrogens is 3. The van der Waals surface area contributed by atoms with Gasteiger partial charge in [0.1, 0.15) is 0 Å². The van der Waals surface area contributed by atoms with Crippen LogP contribution in [0.1, 0.15) is 0 Å². The zero-order valence-electron chi connectivity index (χ0n) is 5.95. The molecule has 0 aliphatic carbocycles. The van der Waals surface area contributed by atoms with Gasteiger partial charge in [-0.3, -0.25) is 0 Å². The average molecular weight is 212 g/mol. The molecule has 0 spiro atoms. The van der Waals surface area contributed by atoms with Crippen LogP contribution in [0.3, 0.4) is 0 Å². The first-order valence-electron chi connectivity index (χ1n) is 3.22. The number of hydrogen-bond donors (Lipinski definition) is 0. The molecule has 2 aromatic rings. The molecule has 0 saturated heterocycles. The van der Waals surface area contributed by atoms with Crippen molar-refractivity contribution >= 4 is 27.1 Å². The molecule has 0 aliphatic rings. The fraction of sp³-hybridized carbons (Fsp3) is 0.143. The molecule has 0 bridgehead atoms. The molecule has 0 unspecified atom stereocenters. The van der Waals surface area contributed by atoms with Gasteiger partial charge in [0, 0.05) is 13.2 Å². The first kappa shape index (κ1) is 6.79. The van der Waals surface area contributed by atoms with Crippen molar-refractivity contribution in [2.75, 3.05) is 0 Å². The Morgan fingerprint density at radius 2 is 2.36 bits per heavy atom. The first-order valence-corrected chi connectivity index (χ1v) is 4.01. The highest BCUT2D eigenvalue weighted by molar-refractivity contribution is 9.10. The molecule has 0 fully saturated rings. The molecule has 0 aliphatic heterocycles. The Balaban J connectivity index is 2.92. The number of halogens is 1. The van der Waals surface area contributed by atoms with E-state index in [-0.39, 0.29) is 0 Å². The second-order valence-corrected chi connectivity index (χ2v) is 3.00. The summed E-state index contributed by atoms with van der Waals surface area (Å²) in [6.45, 7) is 0. The van der Waals surface area contributed by atoms with E-state index in [9.17, 15) is 0 Å². The van der Waals surface area contributed by atoms with Gasteiger partial charge < -0.3 is 4.57 Å². The number of imidazole rings is 1. The largest absolute Gasteiger partial charge is 0.320 e. The van der Waals surface area contributed by atoms with Crippen LogP contribution in [0.2, 0.25) is 0 Å². The minimum atomic E-state index is 0.780. The molecular weight excluding hydrogens is 206 g/mol. The van der Waals surface area contributed by atoms with Crippen LogP contribution in [0.5, 0.6) is 0 Å². The summed E-state index contributed by atoms with van der Waals surface area (Å²) in [5, 5.41) is 0. The molecule has 0 atom stereocenters. The third kappa shape index (κ3) is 0.939. The summed E-state index contributed by atoms with van der Waals surface area (Å²) in [6.07, 6.45) is 1.74. The third-order valence-corrected chi connectivity index (χ3v) is 2.31. The van der Waals surface area contributed by atoms with Crippen LogP contribution in [0.15, 0.2) is 23.1 Å². The lowest BCUT2D eigenvalue weighted by molar-refractivity contribution is 0.912. The van der Waals surface area contributed by atoms with Crippen molar-refractivity contribution in [3.05, 3.63) is 23.1 Å². The quantitative estimate of drug-likeness (QED) is 0.665. The summed E-state index contributed by atoms with van der Waals surface area (Å²) in [4.78, 5) is 8.28. The van der Waals surface area contributed by atoms with Crippen molar-refractivity contribution in [3.63, 3.8) is 0 Å². The van der Waals surface area contributed by atoms with Crippen molar-refractivity contribution in [3.8, 4) is 0 Å². The van der Waals surface area contributed by atoms with Gasteiger partial charge in [0.05, 0.1) is 5.52 Å². The number of nitrogens with zero attached hydrogens (tertiary/aromatic N) is 3. The van der Waals surface area contributed by atoms with E-state index in [2.05, 4.69) is 25.9 Å². The summed E-state index contributed by atoms with van der Waals surface area (Å²) < 4.78 is 2.76. The van der Waals surface area contributed by atoms with E-state index in [1.807, 2.05) is 23.7 Å². The molecule has 0 N–H and O–H groups in total. The molecular formula is C7H6BrN3. The topological polar surface area (TPSA) is 30.7 Å². The maximum absolute atomic E-state index is 4.18. The second kappa shape index (κ2) is 2.30. The van der Waals surface area contributed by atoms with Gasteiger partial charge in [0.25, 0.3) is 0 Å². The number of aryl methyl sites for hydroxylation is 1. The minimum Gasteiger partial charge on any atom is -0.320 e. The Labute approximate surface area is 72.2 Å². The Morgan fingerprint density at radius 1 is 1.55 bits per heavy atom. The highest BCUT2D eigenvalue weighted by Gasteiger charge is 2.03. The lowest BCUT2D eigenvalue weighted by atomic mass is 10.4. The van der Waals surface area contributed by atoms with E-state index >= 15 is 0 Å². The van der Waals surface area contributed by atoms with Crippen LogP contribution in [-0.2, 0) is 7.05 Å². The van der Waals surface area contributed by atoms with Gasteiger partial charge in [-0.1, -0.05) is 0 Å². The fourth-order valence-electron chi connectivity index (χ4n) is 0.998. The Bertz CT molecular complexity index is 393. The zero-order chi connectivity index (χ0) is 7.84. The Kier molecular flexibility index (Phi) is 1.42. The second-order valence-electron chi connectivity index (χ2n) is 2.29. The SMILES string of the molecule is Cn1c(Br)nc2ncccc21.